The molecule has 1 aliphatic heterocycles. The third-order valence-electron chi connectivity index (χ3n) is 4.67. The van der Waals surface area contributed by atoms with Crippen molar-refractivity contribution in [3.05, 3.63) is 35.4 Å². The van der Waals surface area contributed by atoms with Crippen molar-refractivity contribution >= 4 is 27.5 Å². The molecular formula is C15H19BrClN. The second-order valence-electron chi connectivity index (χ2n) is 6.17. The number of fused-ring (bicyclic) bond motifs is 4. The SMILES string of the molecule is CN1CC[C@]2(C)C[C@@](Br)(Cc3ccccc32)[C@H]1Cl. The highest BCUT2D eigenvalue weighted by Crippen LogP contribution is 2.52. The lowest BCUT2D eigenvalue weighted by molar-refractivity contribution is 0.282. The van der Waals surface area contributed by atoms with Gasteiger partial charge in [-0.2, -0.15) is 0 Å². The normalized spacial score (nSPS) is 40.1. The van der Waals surface area contributed by atoms with Gasteiger partial charge in [0.05, 0.1) is 4.32 Å². The second-order valence-corrected chi connectivity index (χ2v) is 8.17. The monoisotopic (exact) mass is 327 g/mol. The molecule has 0 aromatic heterocycles. The first kappa shape index (κ1) is 13.0. The third kappa shape index (κ3) is 1.85. The van der Waals surface area contributed by atoms with Gasteiger partial charge in [0.2, 0.25) is 0 Å². The summed E-state index contributed by atoms with van der Waals surface area (Å²) in [5, 5.41) is 0. The van der Waals surface area contributed by atoms with E-state index in [1.165, 1.54) is 17.5 Å². The van der Waals surface area contributed by atoms with Gasteiger partial charge in [-0.1, -0.05) is 47.1 Å². The molecule has 1 heterocycles. The molecule has 3 atom stereocenters. The van der Waals surface area contributed by atoms with E-state index in [0.29, 0.717) is 0 Å². The molecule has 1 saturated heterocycles. The Hall–Kier alpha value is -0.0500. The summed E-state index contributed by atoms with van der Waals surface area (Å²) >= 11 is 10.7. The van der Waals surface area contributed by atoms with Gasteiger partial charge in [-0.15, -0.1) is 11.6 Å². The molecule has 0 radical (unpaired) electrons. The zero-order chi connectivity index (χ0) is 13.0. The smallest absolute Gasteiger partial charge is 0.101 e. The van der Waals surface area contributed by atoms with Crippen LogP contribution in [-0.2, 0) is 11.8 Å². The quantitative estimate of drug-likeness (QED) is 0.515. The molecule has 3 heteroatoms. The molecule has 1 fully saturated rings. The van der Waals surface area contributed by atoms with Crippen LogP contribution < -0.4 is 0 Å². The number of halogens is 2. The lowest BCUT2D eigenvalue weighted by Crippen LogP contribution is -2.47. The van der Waals surface area contributed by atoms with Crippen molar-refractivity contribution in [2.24, 2.45) is 0 Å². The molecular weight excluding hydrogens is 310 g/mol. The van der Waals surface area contributed by atoms with Gasteiger partial charge in [0.15, 0.2) is 0 Å². The molecule has 0 saturated carbocycles. The van der Waals surface area contributed by atoms with E-state index in [1.54, 1.807) is 0 Å². The van der Waals surface area contributed by atoms with Crippen LogP contribution in [-0.4, -0.2) is 28.3 Å². The number of rotatable bonds is 0. The summed E-state index contributed by atoms with van der Waals surface area (Å²) in [6, 6.07) is 8.87. The maximum atomic E-state index is 6.69. The van der Waals surface area contributed by atoms with Gasteiger partial charge in [0.1, 0.15) is 5.50 Å². The molecule has 1 aromatic carbocycles. The van der Waals surface area contributed by atoms with E-state index in [1.807, 2.05) is 0 Å². The summed E-state index contributed by atoms with van der Waals surface area (Å²) in [6.07, 6.45) is 3.32. The van der Waals surface area contributed by atoms with Crippen LogP contribution in [0.4, 0.5) is 0 Å². The van der Waals surface area contributed by atoms with Crippen molar-refractivity contribution in [2.75, 3.05) is 13.6 Å². The van der Waals surface area contributed by atoms with E-state index in [0.717, 1.165) is 19.4 Å². The van der Waals surface area contributed by atoms with Crippen molar-refractivity contribution in [3.8, 4) is 0 Å². The van der Waals surface area contributed by atoms with Gasteiger partial charge in [0.25, 0.3) is 0 Å². The Labute approximate surface area is 123 Å². The van der Waals surface area contributed by atoms with Crippen LogP contribution in [0.1, 0.15) is 30.9 Å². The summed E-state index contributed by atoms with van der Waals surface area (Å²) in [5.41, 5.74) is 3.30. The first-order chi connectivity index (χ1) is 8.45. The maximum absolute atomic E-state index is 6.69. The van der Waals surface area contributed by atoms with E-state index in [4.69, 9.17) is 11.6 Å². The summed E-state index contributed by atoms with van der Waals surface area (Å²) < 4.78 is 0.00289. The topological polar surface area (TPSA) is 3.24 Å². The molecule has 2 aliphatic rings. The van der Waals surface area contributed by atoms with Gasteiger partial charge in [-0.3, -0.25) is 4.90 Å². The molecule has 1 aromatic rings. The van der Waals surface area contributed by atoms with Crippen LogP contribution in [0, 0.1) is 0 Å². The van der Waals surface area contributed by atoms with Gasteiger partial charge in [-0.05, 0) is 42.9 Å². The van der Waals surface area contributed by atoms with E-state index >= 15 is 0 Å². The van der Waals surface area contributed by atoms with Crippen LogP contribution in [0.3, 0.4) is 0 Å². The van der Waals surface area contributed by atoms with E-state index in [9.17, 15) is 0 Å². The summed E-state index contributed by atoms with van der Waals surface area (Å²) in [5.74, 6) is 0. The van der Waals surface area contributed by atoms with Gasteiger partial charge in [0, 0.05) is 6.54 Å². The highest BCUT2D eigenvalue weighted by atomic mass is 79.9. The number of likely N-dealkylation sites (tertiary alicyclic amines) is 1. The Balaban J connectivity index is 2.14. The van der Waals surface area contributed by atoms with Crippen LogP contribution in [0.5, 0.6) is 0 Å². The predicted molar refractivity (Wildman–Crippen MR) is 80.7 cm³/mol. The number of nitrogens with zero attached hydrogens (tertiary/aromatic N) is 1. The van der Waals surface area contributed by atoms with Gasteiger partial charge < -0.3 is 0 Å². The average molecular weight is 329 g/mol. The van der Waals surface area contributed by atoms with Crippen molar-refractivity contribution in [2.45, 2.75) is 41.4 Å². The average Bonchev–Trinajstić information content (AvgIpc) is 2.40. The number of benzene rings is 1. The minimum Gasteiger partial charge on any atom is -0.289 e. The summed E-state index contributed by atoms with van der Waals surface area (Å²) in [6.45, 7) is 3.45. The largest absolute Gasteiger partial charge is 0.289 e. The summed E-state index contributed by atoms with van der Waals surface area (Å²) in [7, 11) is 2.13. The zero-order valence-electron chi connectivity index (χ0n) is 10.9. The molecule has 0 spiro atoms. The Morgan fingerprint density at radius 3 is 2.89 bits per heavy atom. The van der Waals surface area contributed by atoms with Crippen LogP contribution in [0.15, 0.2) is 24.3 Å². The fraction of sp³-hybridized carbons (Fsp3) is 0.600. The number of alkyl halides is 2. The highest BCUT2D eigenvalue weighted by Gasteiger charge is 2.50. The first-order valence-corrected chi connectivity index (χ1v) is 7.79. The minimum absolute atomic E-state index is 0.00289. The van der Waals surface area contributed by atoms with Crippen LogP contribution >= 0.6 is 27.5 Å². The number of hydrogen-bond acceptors (Lipinski definition) is 1. The molecule has 0 amide bonds. The summed E-state index contributed by atoms with van der Waals surface area (Å²) in [4.78, 5) is 2.29. The minimum atomic E-state index is 0.00289. The predicted octanol–water partition coefficient (Wildman–Crippen LogP) is 3.92. The van der Waals surface area contributed by atoms with Crippen LogP contribution in [0.25, 0.3) is 0 Å². The van der Waals surface area contributed by atoms with Crippen molar-refractivity contribution in [1.29, 1.82) is 0 Å². The lowest BCUT2D eigenvalue weighted by Gasteiger charge is -2.44. The third-order valence-corrected chi connectivity index (χ3v) is 6.68. The van der Waals surface area contributed by atoms with Crippen molar-refractivity contribution < 1.29 is 0 Å². The fourth-order valence-corrected chi connectivity index (χ4v) is 5.23. The van der Waals surface area contributed by atoms with E-state index in [2.05, 4.69) is 59.1 Å². The Bertz CT molecular complexity index is 477. The van der Waals surface area contributed by atoms with Crippen LogP contribution in [0.2, 0.25) is 0 Å². The fourth-order valence-electron chi connectivity index (χ4n) is 3.71. The number of hydrogen-bond donors (Lipinski definition) is 0. The molecule has 98 valence electrons. The zero-order valence-corrected chi connectivity index (χ0v) is 13.3. The second kappa shape index (κ2) is 4.22. The molecule has 0 unspecified atom stereocenters. The standard InChI is InChI=1S/C15H19BrClN/c1-14-7-8-18(2)13(17)15(16,10-14)9-11-5-3-4-6-12(11)14/h3-6,13H,7-10H2,1-2H3/t13-,14+,15-/m0/s1. The van der Waals surface area contributed by atoms with Crippen molar-refractivity contribution in [3.63, 3.8) is 0 Å². The van der Waals surface area contributed by atoms with Gasteiger partial charge in [-0.25, -0.2) is 0 Å². The van der Waals surface area contributed by atoms with Crippen molar-refractivity contribution in [1.82, 2.24) is 4.90 Å². The molecule has 18 heavy (non-hydrogen) atoms. The maximum Gasteiger partial charge on any atom is 0.101 e. The highest BCUT2D eigenvalue weighted by molar-refractivity contribution is 9.10. The molecule has 3 rings (SSSR count). The first-order valence-electron chi connectivity index (χ1n) is 6.56. The molecule has 1 aliphatic carbocycles. The Morgan fingerprint density at radius 2 is 2.11 bits per heavy atom. The Kier molecular flexibility index (Phi) is 3.04. The Morgan fingerprint density at radius 1 is 1.39 bits per heavy atom. The van der Waals surface area contributed by atoms with Gasteiger partial charge >= 0.3 is 0 Å². The van der Waals surface area contributed by atoms with E-state index in [-0.39, 0.29) is 15.2 Å². The molecule has 0 N–H and O–H groups in total. The molecule has 1 nitrogen and oxygen atoms in total. The molecule has 2 bridgehead atoms. The van der Waals surface area contributed by atoms with E-state index < -0.39 is 0 Å². The lowest BCUT2D eigenvalue weighted by atomic mass is 9.66.